The fourth-order valence-corrected chi connectivity index (χ4v) is 3.73. The van der Waals surface area contributed by atoms with Gasteiger partial charge in [-0.3, -0.25) is 4.90 Å². The minimum Gasteiger partial charge on any atom is -0.480 e. The molecule has 2 aliphatic rings. The van der Waals surface area contributed by atoms with Crippen LogP contribution in [0.2, 0.25) is 0 Å². The third-order valence-corrected chi connectivity index (χ3v) is 4.80. The smallest absolute Gasteiger partial charge is 0.411 e. The maximum atomic E-state index is 12.4. The Hall–Kier alpha value is -2.24. The molecule has 0 saturated carbocycles. The molecule has 0 bridgehead atoms. The highest BCUT2D eigenvalue weighted by atomic mass is 16.6. The van der Waals surface area contributed by atoms with E-state index in [9.17, 15) is 14.7 Å². The normalized spacial score (nSPS) is 22.9. The van der Waals surface area contributed by atoms with Gasteiger partial charge in [-0.2, -0.15) is 0 Å². The first kappa shape index (κ1) is 17.6. The topological polar surface area (TPSA) is 70.1 Å². The Labute approximate surface area is 148 Å². The number of carboxylic acid groups (broad SMARTS) is 1. The molecule has 0 aromatic heterocycles. The second kappa shape index (κ2) is 6.24. The maximum absolute atomic E-state index is 12.4. The zero-order valence-electron chi connectivity index (χ0n) is 15.3. The summed E-state index contributed by atoms with van der Waals surface area (Å²) in [6, 6.07) is 5.52. The van der Waals surface area contributed by atoms with Crippen LogP contribution in [0.25, 0.3) is 0 Å². The molecular formula is C19H26N2O4. The van der Waals surface area contributed by atoms with Gasteiger partial charge in [0.1, 0.15) is 11.6 Å². The molecule has 1 N–H and O–H groups in total. The Kier molecular flexibility index (Phi) is 4.39. The molecule has 1 unspecified atom stereocenters. The first-order chi connectivity index (χ1) is 11.7. The summed E-state index contributed by atoms with van der Waals surface area (Å²) < 4.78 is 5.40. The lowest BCUT2D eigenvalue weighted by molar-refractivity contribution is -0.142. The number of hydrogen-bond acceptors (Lipinski definition) is 4. The average molecular weight is 346 g/mol. The molecule has 6 heteroatoms. The highest BCUT2D eigenvalue weighted by Crippen LogP contribution is 2.35. The standard InChI is InChI=1S/C19H26N2O4/c1-12-5-6-15-13(9-12)7-8-20(15)14-10-16(17(22)23)21(11-14)18(24)25-19(2,3)4/h5-6,9,14,16H,7-8,10-11H2,1-4H3,(H,22,23)/t14?,16-/m0/s1. The summed E-state index contributed by atoms with van der Waals surface area (Å²) in [5.74, 6) is -0.975. The van der Waals surface area contributed by atoms with Gasteiger partial charge in [0, 0.05) is 31.2 Å². The van der Waals surface area contributed by atoms with E-state index in [4.69, 9.17) is 4.74 Å². The Morgan fingerprint density at radius 1 is 1.28 bits per heavy atom. The molecule has 1 fully saturated rings. The summed E-state index contributed by atoms with van der Waals surface area (Å²) >= 11 is 0. The first-order valence-electron chi connectivity index (χ1n) is 8.74. The zero-order chi connectivity index (χ0) is 18.4. The van der Waals surface area contributed by atoms with Gasteiger partial charge >= 0.3 is 12.1 Å². The number of carboxylic acids is 1. The Morgan fingerprint density at radius 2 is 2.00 bits per heavy atom. The summed E-state index contributed by atoms with van der Waals surface area (Å²) in [7, 11) is 0. The predicted molar refractivity (Wildman–Crippen MR) is 95.0 cm³/mol. The second-order valence-corrected chi connectivity index (χ2v) is 7.95. The van der Waals surface area contributed by atoms with E-state index >= 15 is 0 Å². The van der Waals surface area contributed by atoms with E-state index in [0.29, 0.717) is 13.0 Å². The molecule has 136 valence electrons. The number of aliphatic carboxylic acids is 1. The number of hydrogen-bond donors (Lipinski definition) is 1. The van der Waals surface area contributed by atoms with Crippen molar-refractivity contribution in [3.8, 4) is 0 Å². The molecule has 0 radical (unpaired) electrons. The number of likely N-dealkylation sites (tertiary alicyclic amines) is 1. The molecule has 0 aliphatic carbocycles. The average Bonchev–Trinajstić information content (AvgIpc) is 3.08. The van der Waals surface area contributed by atoms with Gasteiger partial charge in [-0.1, -0.05) is 17.7 Å². The third-order valence-electron chi connectivity index (χ3n) is 4.80. The predicted octanol–water partition coefficient (Wildman–Crippen LogP) is 2.82. The summed E-state index contributed by atoms with van der Waals surface area (Å²) in [4.78, 5) is 27.7. The zero-order valence-corrected chi connectivity index (χ0v) is 15.3. The van der Waals surface area contributed by atoms with E-state index in [1.807, 2.05) is 0 Å². The highest BCUT2D eigenvalue weighted by molar-refractivity contribution is 5.81. The molecule has 1 amide bonds. The summed E-state index contributed by atoms with van der Waals surface area (Å²) in [5.41, 5.74) is 3.04. The Bertz CT molecular complexity index is 695. The fraction of sp³-hybridized carbons (Fsp3) is 0.579. The first-order valence-corrected chi connectivity index (χ1v) is 8.74. The van der Waals surface area contributed by atoms with Crippen molar-refractivity contribution >= 4 is 17.7 Å². The number of rotatable bonds is 2. The number of fused-ring (bicyclic) bond motifs is 1. The molecule has 25 heavy (non-hydrogen) atoms. The lowest BCUT2D eigenvalue weighted by Gasteiger charge is -2.28. The van der Waals surface area contributed by atoms with Gasteiger partial charge in [0.25, 0.3) is 0 Å². The van der Waals surface area contributed by atoms with Crippen molar-refractivity contribution in [2.45, 2.75) is 58.2 Å². The van der Waals surface area contributed by atoms with Crippen LogP contribution in [0.1, 0.15) is 38.3 Å². The number of amides is 1. The SMILES string of the molecule is Cc1ccc2c(c1)CCN2C1C[C@@H](C(=O)O)N(C(=O)OC(C)(C)C)C1. The van der Waals surface area contributed by atoms with Crippen LogP contribution in [0.15, 0.2) is 18.2 Å². The summed E-state index contributed by atoms with van der Waals surface area (Å²) in [5, 5.41) is 9.56. The molecule has 2 atom stereocenters. The van der Waals surface area contributed by atoms with Crippen molar-refractivity contribution in [1.82, 2.24) is 4.90 Å². The molecule has 2 aliphatic heterocycles. The van der Waals surface area contributed by atoms with Crippen molar-refractivity contribution in [1.29, 1.82) is 0 Å². The van der Waals surface area contributed by atoms with Gasteiger partial charge in [-0.15, -0.1) is 0 Å². The van der Waals surface area contributed by atoms with E-state index in [0.717, 1.165) is 18.7 Å². The largest absolute Gasteiger partial charge is 0.480 e. The second-order valence-electron chi connectivity index (χ2n) is 7.95. The Morgan fingerprint density at radius 3 is 2.64 bits per heavy atom. The molecule has 1 aromatic carbocycles. The van der Waals surface area contributed by atoms with Crippen LogP contribution in [0, 0.1) is 6.92 Å². The number of aryl methyl sites for hydroxylation is 1. The Balaban J connectivity index is 1.80. The van der Waals surface area contributed by atoms with Crippen LogP contribution in [-0.2, 0) is 16.0 Å². The fourth-order valence-electron chi connectivity index (χ4n) is 3.73. The third kappa shape index (κ3) is 3.57. The molecule has 2 heterocycles. The minimum absolute atomic E-state index is 0.00225. The monoisotopic (exact) mass is 346 g/mol. The van der Waals surface area contributed by atoms with Gasteiger partial charge < -0.3 is 14.7 Å². The van der Waals surface area contributed by atoms with Gasteiger partial charge in [0.15, 0.2) is 0 Å². The number of carbonyl (C=O) groups is 2. The van der Waals surface area contributed by atoms with Gasteiger partial charge in [0.2, 0.25) is 0 Å². The molecular weight excluding hydrogens is 320 g/mol. The van der Waals surface area contributed by atoms with E-state index in [1.165, 1.54) is 16.0 Å². The van der Waals surface area contributed by atoms with Crippen LogP contribution in [0.5, 0.6) is 0 Å². The van der Waals surface area contributed by atoms with Crippen molar-refractivity contribution < 1.29 is 19.4 Å². The van der Waals surface area contributed by atoms with Crippen LogP contribution in [-0.4, -0.2) is 52.8 Å². The van der Waals surface area contributed by atoms with Crippen LogP contribution < -0.4 is 4.90 Å². The summed E-state index contributed by atoms with van der Waals surface area (Å²) in [6.45, 7) is 8.66. The lowest BCUT2D eigenvalue weighted by Crippen LogP contribution is -2.44. The number of benzene rings is 1. The van der Waals surface area contributed by atoms with Crippen LogP contribution in [0.4, 0.5) is 10.5 Å². The number of ether oxygens (including phenoxy) is 1. The van der Waals surface area contributed by atoms with Gasteiger partial charge in [-0.05, 0) is 45.7 Å². The van der Waals surface area contributed by atoms with Crippen molar-refractivity contribution in [3.05, 3.63) is 29.3 Å². The molecule has 3 rings (SSSR count). The summed E-state index contributed by atoms with van der Waals surface area (Å²) in [6.07, 6.45) is 0.824. The van der Waals surface area contributed by atoms with Crippen molar-refractivity contribution in [3.63, 3.8) is 0 Å². The van der Waals surface area contributed by atoms with E-state index in [1.54, 1.807) is 20.8 Å². The van der Waals surface area contributed by atoms with Crippen molar-refractivity contribution in [2.75, 3.05) is 18.0 Å². The number of carbonyl (C=O) groups excluding carboxylic acids is 1. The van der Waals surface area contributed by atoms with Crippen molar-refractivity contribution in [2.24, 2.45) is 0 Å². The van der Waals surface area contributed by atoms with E-state index < -0.39 is 23.7 Å². The quantitative estimate of drug-likeness (QED) is 0.892. The van der Waals surface area contributed by atoms with E-state index in [-0.39, 0.29) is 6.04 Å². The van der Waals surface area contributed by atoms with E-state index in [2.05, 4.69) is 30.0 Å². The van der Waals surface area contributed by atoms with Crippen LogP contribution in [0.3, 0.4) is 0 Å². The maximum Gasteiger partial charge on any atom is 0.411 e. The van der Waals surface area contributed by atoms with Crippen LogP contribution >= 0.6 is 0 Å². The molecule has 1 aromatic rings. The number of nitrogens with zero attached hydrogens (tertiary/aromatic N) is 2. The molecule has 6 nitrogen and oxygen atoms in total. The van der Waals surface area contributed by atoms with Gasteiger partial charge in [-0.25, -0.2) is 9.59 Å². The van der Waals surface area contributed by atoms with Gasteiger partial charge in [0.05, 0.1) is 0 Å². The lowest BCUT2D eigenvalue weighted by atomic mass is 10.1. The molecule has 1 saturated heterocycles. The highest BCUT2D eigenvalue weighted by Gasteiger charge is 2.44. The minimum atomic E-state index is -0.975. The molecule has 0 spiro atoms. The number of anilines is 1.